The van der Waals surface area contributed by atoms with E-state index >= 15 is 0 Å². The van der Waals surface area contributed by atoms with Crippen molar-refractivity contribution < 1.29 is 0 Å². The van der Waals surface area contributed by atoms with Crippen LogP contribution in [0, 0.1) is 6.92 Å². The van der Waals surface area contributed by atoms with E-state index in [1.165, 1.54) is 10.9 Å². The Bertz CT molecular complexity index is 526. The van der Waals surface area contributed by atoms with E-state index in [1.807, 2.05) is 6.07 Å². The third-order valence-corrected chi connectivity index (χ3v) is 3.40. The second kappa shape index (κ2) is 4.11. The molecule has 0 saturated carbocycles. The maximum Gasteiger partial charge on any atom is 0.0530 e. The van der Waals surface area contributed by atoms with Gasteiger partial charge in [0.25, 0.3) is 0 Å². The van der Waals surface area contributed by atoms with E-state index < -0.39 is 0 Å². The van der Waals surface area contributed by atoms with Crippen LogP contribution in [0.1, 0.15) is 31.1 Å². The smallest absolute Gasteiger partial charge is 0.0530 e. The van der Waals surface area contributed by atoms with E-state index in [4.69, 9.17) is 17.3 Å². The molecule has 2 N–H and O–H groups in total. The van der Waals surface area contributed by atoms with Crippen molar-refractivity contribution in [3.8, 4) is 0 Å². The first-order valence-corrected chi connectivity index (χ1v) is 5.93. The van der Waals surface area contributed by atoms with E-state index in [0.717, 1.165) is 16.3 Å². The topological polar surface area (TPSA) is 30.9 Å². The Hall–Kier alpha value is -0.990. The van der Waals surface area contributed by atoms with Crippen molar-refractivity contribution in [2.24, 2.45) is 5.73 Å². The molecule has 3 heteroatoms. The van der Waals surface area contributed by atoms with Gasteiger partial charge in [0, 0.05) is 28.7 Å². The van der Waals surface area contributed by atoms with Gasteiger partial charge in [-0.1, -0.05) is 17.7 Å². The van der Waals surface area contributed by atoms with E-state index in [1.54, 1.807) is 0 Å². The zero-order chi connectivity index (χ0) is 11.9. The quantitative estimate of drug-likeness (QED) is 0.848. The summed E-state index contributed by atoms with van der Waals surface area (Å²) in [6, 6.07) is 6.55. The van der Waals surface area contributed by atoms with Gasteiger partial charge < -0.3 is 10.3 Å². The van der Waals surface area contributed by atoms with Gasteiger partial charge in [-0.05, 0) is 38.5 Å². The first kappa shape index (κ1) is 11.5. The minimum absolute atomic E-state index is 0.396. The number of fused-ring (bicyclic) bond motifs is 1. The summed E-state index contributed by atoms with van der Waals surface area (Å²) in [5.41, 5.74) is 9.29. The van der Waals surface area contributed by atoms with Crippen molar-refractivity contribution in [1.82, 2.24) is 4.57 Å². The lowest BCUT2D eigenvalue weighted by atomic mass is 10.1. The van der Waals surface area contributed by atoms with Crippen molar-refractivity contribution in [2.75, 3.05) is 0 Å². The molecule has 0 radical (unpaired) electrons. The number of hydrogen-bond acceptors (Lipinski definition) is 1. The van der Waals surface area contributed by atoms with Crippen molar-refractivity contribution >= 4 is 22.5 Å². The molecule has 1 aromatic carbocycles. The molecule has 0 saturated heterocycles. The molecule has 1 heterocycles. The van der Waals surface area contributed by atoms with Gasteiger partial charge in [0.05, 0.1) is 5.52 Å². The van der Waals surface area contributed by atoms with Crippen LogP contribution in [0.3, 0.4) is 0 Å². The maximum atomic E-state index is 6.17. The number of aromatic nitrogens is 1. The van der Waals surface area contributed by atoms with Crippen LogP contribution < -0.4 is 5.73 Å². The molecule has 16 heavy (non-hydrogen) atoms. The van der Waals surface area contributed by atoms with Gasteiger partial charge in [-0.3, -0.25) is 0 Å². The molecule has 2 nitrogen and oxygen atoms in total. The van der Waals surface area contributed by atoms with E-state index in [0.29, 0.717) is 12.6 Å². The SMILES string of the molecule is Cc1c(Cl)ccc2cc(CN)n(C(C)C)c12. The average molecular weight is 237 g/mol. The van der Waals surface area contributed by atoms with Gasteiger partial charge in [-0.2, -0.15) is 0 Å². The second-order valence-corrected chi connectivity index (χ2v) is 4.82. The number of nitrogens with zero attached hydrogens (tertiary/aromatic N) is 1. The summed E-state index contributed by atoms with van der Waals surface area (Å²) in [6.45, 7) is 6.95. The molecule has 0 aliphatic rings. The number of aryl methyl sites for hydroxylation is 1. The highest BCUT2D eigenvalue weighted by Gasteiger charge is 2.13. The first-order chi connectivity index (χ1) is 7.56. The normalized spacial score (nSPS) is 11.6. The number of nitrogens with two attached hydrogens (primary N) is 1. The third kappa shape index (κ3) is 1.62. The molecule has 0 spiro atoms. The van der Waals surface area contributed by atoms with E-state index in [9.17, 15) is 0 Å². The molecule has 0 bridgehead atoms. The molecule has 0 aliphatic carbocycles. The minimum atomic E-state index is 0.396. The largest absolute Gasteiger partial charge is 0.341 e. The zero-order valence-electron chi connectivity index (χ0n) is 9.92. The van der Waals surface area contributed by atoms with Gasteiger partial charge in [0.15, 0.2) is 0 Å². The Kier molecular flexibility index (Phi) is 2.96. The molecule has 1 aromatic heterocycles. The minimum Gasteiger partial charge on any atom is -0.341 e. The van der Waals surface area contributed by atoms with Crippen molar-refractivity contribution in [2.45, 2.75) is 33.4 Å². The molecule has 0 aliphatic heterocycles. The zero-order valence-corrected chi connectivity index (χ0v) is 10.7. The van der Waals surface area contributed by atoms with Crippen molar-refractivity contribution in [3.63, 3.8) is 0 Å². The van der Waals surface area contributed by atoms with Gasteiger partial charge in [0.1, 0.15) is 0 Å². The number of benzene rings is 1. The summed E-state index contributed by atoms with van der Waals surface area (Å²) in [7, 11) is 0. The molecule has 0 unspecified atom stereocenters. The summed E-state index contributed by atoms with van der Waals surface area (Å²) in [5, 5.41) is 2.03. The van der Waals surface area contributed by atoms with Crippen LogP contribution in [-0.2, 0) is 6.54 Å². The molecule has 0 amide bonds. The fraction of sp³-hybridized carbons (Fsp3) is 0.385. The number of halogens is 1. The predicted octanol–water partition coefficient (Wildman–Crippen LogP) is 3.64. The lowest BCUT2D eigenvalue weighted by Crippen LogP contribution is -2.09. The van der Waals surface area contributed by atoms with Gasteiger partial charge >= 0.3 is 0 Å². The maximum absolute atomic E-state index is 6.17. The fourth-order valence-electron chi connectivity index (χ4n) is 2.27. The Morgan fingerprint density at radius 1 is 1.38 bits per heavy atom. The Balaban J connectivity index is 2.86. The summed E-state index contributed by atoms with van der Waals surface area (Å²) < 4.78 is 2.27. The summed E-state index contributed by atoms with van der Waals surface area (Å²) in [4.78, 5) is 0. The molecular formula is C13H17ClN2. The molecule has 2 rings (SSSR count). The number of rotatable bonds is 2. The highest BCUT2D eigenvalue weighted by molar-refractivity contribution is 6.32. The molecule has 86 valence electrons. The Morgan fingerprint density at radius 2 is 2.06 bits per heavy atom. The van der Waals surface area contributed by atoms with Crippen LogP contribution in [0.4, 0.5) is 0 Å². The van der Waals surface area contributed by atoms with Crippen LogP contribution >= 0.6 is 11.6 Å². The third-order valence-electron chi connectivity index (χ3n) is 2.99. The molecule has 2 aromatic rings. The van der Waals surface area contributed by atoms with Crippen LogP contribution in [-0.4, -0.2) is 4.57 Å². The van der Waals surface area contributed by atoms with Crippen LogP contribution in [0.5, 0.6) is 0 Å². The molecular weight excluding hydrogens is 220 g/mol. The van der Waals surface area contributed by atoms with Crippen LogP contribution in [0.2, 0.25) is 5.02 Å². The fourth-order valence-corrected chi connectivity index (χ4v) is 2.42. The van der Waals surface area contributed by atoms with Gasteiger partial charge in [0.2, 0.25) is 0 Å². The second-order valence-electron chi connectivity index (χ2n) is 4.41. The highest BCUT2D eigenvalue weighted by Crippen LogP contribution is 2.30. The lowest BCUT2D eigenvalue weighted by molar-refractivity contribution is 0.594. The highest BCUT2D eigenvalue weighted by atomic mass is 35.5. The molecule has 0 atom stereocenters. The summed E-state index contributed by atoms with van der Waals surface area (Å²) >= 11 is 6.17. The Morgan fingerprint density at radius 3 is 2.62 bits per heavy atom. The first-order valence-electron chi connectivity index (χ1n) is 5.55. The lowest BCUT2D eigenvalue weighted by Gasteiger charge is -2.15. The summed E-state index contributed by atoms with van der Waals surface area (Å²) in [6.07, 6.45) is 0. The predicted molar refractivity (Wildman–Crippen MR) is 70.0 cm³/mol. The van der Waals surface area contributed by atoms with Crippen LogP contribution in [0.25, 0.3) is 10.9 Å². The van der Waals surface area contributed by atoms with E-state index in [2.05, 4.69) is 37.5 Å². The van der Waals surface area contributed by atoms with Crippen LogP contribution in [0.15, 0.2) is 18.2 Å². The Labute approximate surface area is 101 Å². The molecule has 0 fully saturated rings. The monoisotopic (exact) mass is 236 g/mol. The number of hydrogen-bond donors (Lipinski definition) is 1. The van der Waals surface area contributed by atoms with Crippen molar-refractivity contribution in [1.29, 1.82) is 0 Å². The van der Waals surface area contributed by atoms with E-state index in [-0.39, 0.29) is 0 Å². The van der Waals surface area contributed by atoms with Gasteiger partial charge in [-0.25, -0.2) is 0 Å². The van der Waals surface area contributed by atoms with Crippen molar-refractivity contribution in [3.05, 3.63) is 34.5 Å². The standard InChI is InChI=1S/C13H17ClN2/c1-8(2)16-11(7-15)6-10-4-5-12(14)9(3)13(10)16/h4-6,8H,7,15H2,1-3H3. The van der Waals surface area contributed by atoms with Gasteiger partial charge in [-0.15, -0.1) is 0 Å². The average Bonchev–Trinajstić information content (AvgIpc) is 2.62. The summed E-state index contributed by atoms with van der Waals surface area (Å²) in [5.74, 6) is 0.